The number of hydrogen-bond donors (Lipinski definition) is 1. The number of carbonyl (C=O) groups is 1. The summed E-state index contributed by atoms with van der Waals surface area (Å²) in [7, 11) is 0. The van der Waals surface area contributed by atoms with Crippen molar-refractivity contribution >= 4 is 6.09 Å². The van der Waals surface area contributed by atoms with Crippen LogP contribution in [0.1, 0.15) is 111 Å². The van der Waals surface area contributed by atoms with Gasteiger partial charge in [-0.1, -0.05) is 98.3 Å². The molecule has 0 aliphatic heterocycles. The number of alkyl carbamates (subject to hydrolysis) is 1. The van der Waals surface area contributed by atoms with E-state index in [9.17, 15) is 4.79 Å². The van der Waals surface area contributed by atoms with E-state index < -0.39 is 0 Å². The Labute approximate surface area is 175 Å². The first kappa shape index (κ1) is 27.2. The molecule has 0 aromatic carbocycles. The molecule has 0 saturated carbocycles. The van der Waals surface area contributed by atoms with Gasteiger partial charge in [0.15, 0.2) is 0 Å². The van der Waals surface area contributed by atoms with Crippen LogP contribution in [0, 0.1) is 11.8 Å². The molecule has 0 fully saturated rings. The molecule has 0 radical (unpaired) electrons. The average Bonchev–Trinajstić information content (AvgIpc) is 2.66. The van der Waals surface area contributed by atoms with Crippen LogP contribution in [0.3, 0.4) is 0 Å². The van der Waals surface area contributed by atoms with Crippen molar-refractivity contribution < 1.29 is 14.3 Å². The second kappa shape index (κ2) is 21.0. The van der Waals surface area contributed by atoms with Gasteiger partial charge in [-0.2, -0.15) is 0 Å². The lowest BCUT2D eigenvalue weighted by molar-refractivity contribution is 0.0654. The topological polar surface area (TPSA) is 47.6 Å². The Hall–Kier alpha value is -0.770. The summed E-state index contributed by atoms with van der Waals surface area (Å²) in [4.78, 5) is 11.6. The minimum Gasteiger partial charge on any atom is -0.449 e. The molecule has 4 nitrogen and oxygen atoms in total. The van der Waals surface area contributed by atoms with Gasteiger partial charge in [0.05, 0.1) is 13.2 Å². The van der Waals surface area contributed by atoms with Gasteiger partial charge in [-0.05, 0) is 18.8 Å². The van der Waals surface area contributed by atoms with Crippen molar-refractivity contribution in [3.8, 4) is 0 Å². The van der Waals surface area contributed by atoms with E-state index in [0.29, 0.717) is 25.7 Å². The van der Waals surface area contributed by atoms with E-state index in [1.807, 2.05) is 0 Å². The van der Waals surface area contributed by atoms with Crippen LogP contribution in [0.5, 0.6) is 0 Å². The zero-order valence-corrected chi connectivity index (χ0v) is 19.4. The van der Waals surface area contributed by atoms with Crippen molar-refractivity contribution in [3.63, 3.8) is 0 Å². The highest BCUT2D eigenvalue weighted by Gasteiger charge is 2.07. The highest BCUT2D eigenvalue weighted by Crippen LogP contribution is 2.12. The number of unbranched alkanes of at least 4 members (excludes halogenated alkanes) is 11. The molecule has 1 atom stereocenters. The number of nitrogens with one attached hydrogen (secondary N) is 1. The first-order valence-electron chi connectivity index (χ1n) is 12.0. The standard InChI is InChI=1S/C24H49NO3/c1-5-6-7-8-9-10-11-12-13-14-15-16-19-27-20-23(4)21-28-24(26)25-18-17-22(2)3/h22-23H,5-21H2,1-4H3,(H,25,26). The quantitative estimate of drug-likeness (QED) is 0.222. The zero-order valence-electron chi connectivity index (χ0n) is 19.4. The van der Waals surface area contributed by atoms with Gasteiger partial charge in [0.2, 0.25) is 0 Å². The smallest absolute Gasteiger partial charge is 0.407 e. The fourth-order valence-electron chi connectivity index (χ4n) is 3.11. The molecule has 0 rings (SSSR count). The molecule has 0 bridgehead atoms. The van der Waals surface area contributed by atoms with Crippen LogP contribution < -0.4 is 5.32 Å². The number of hydrogen-bond acceptors (Lipinski definition) is 3. The highest BCUT2D eigenvalue weighted by molar-refractivity contribution is 5.66. The van der Waals surface area contributed by atoms with Gasteiger partial charge in [0.1, 0.15) is 0 Å². The molecule has 0 heterocycles. The molecule has 1 N–H and O–H groups in total. The van der Waals surface area contributed by atoms with E-state index >= 15 is 0 Å². The SMILES string of the molecule is CCCCCCCCCCCCCCOCC(C)COC(=O)NCCC(C)C. The Bertz CT molecular complexity index is 334. The molecule has 0 aliphatic carbocycles. The van der Waals surface area contributed by atoms with Gasteiger partial charge in [-0.3, -0.25) is 0 Å². The lowest BCUT2D eigenvalue weighted by Gasteiger charge is -2.13. The number of rotatable bonds is 20. The van der Waals surface area contributed by atoms with Gasteiger partial charge < -0.3 is 14.8 Å². The van der Waals surface area contributed by atoms with Crippen LogP contribution in [0.15, 0.2) is 0 Å². The fourth-order valence-corrected chi connectivity index (χ4v) is 3.11. The summed E-state index contributed by atoms with van der Waals surface area (Å²) in [6.07, 6.45) is 17.0. The number of ether oxygens (including phenoxy) is 2. The Morgan fingerprint density at radius 3 is 1.86 bits per heavy atom. The van der Waals surface area contributed by atoms with Gasteiger partial charge in [-0.15, -0.1) is 0 Å². The molecule has 0 spiro atoms. The molecule has 0 aromatic rings. The minimum absolute atomic E-state index is 0.244. The van der Waals surface area contributed by atoms with Crippen molar-refractivity contribution in [1.82, 2.24) is 5.32 Å². The Morgan fingerprint density at radius 2 is 1.32 bits per heavy atom. The van der Waals surface area contributed by atoms with Crippen LogP contribution in [-0.2, 0) is 9.47 Å². The van der Waals surface area contributed by atoms with E-state index in [-0.39, 0.29) is 12.0 Å². The van der Waals surface area contributed by atoms with Crippen LogP contribution >= 0.6 is 0 Å². The van der Waals surface area contributed by atoms with E-state index in [0.717, 1.165) is 19.4 Å². The molecular formula is C24H49NO3. The summed E-state index contributed by atoms with van der Waals surface area (Å²) in [5, 5.41) is 2.79. The summed E-state index contributed by atoms with van der Waals surface area (Å²) in [6, 6.07) is 0. The number of carbonyl (C=O) groups excluding carboxylic acids is 1. The second-order valence-corrected chi connectivity index (χ2v) is 8.78. The maximum atomic E-state index is 11.6. The molecule has 0 saturated heterocycles. The minimum atomic E-state index is -0.312. The monoisotopic (exact) mass is 399 g/mol. The average molecular weight is 400 g/mol. The van der Waals surface area contributed by atoms with Gasteiger partial charge >= 0.3 is 6.09 Å². The third-order valence-electron chi connectivity index (χ3n) is 5.03. The summed E-state index contributed by atoms with van der Waals surface area (Å²) in [6.45, 7) is 11.2. The van der Waals surface area contributed by atoms with Crippen LogP contribution in [0.2, 0.25) is 0 Å². The lowest BCUT2D eigenvalue weighted by atomic mass is 10.1. The Kier molecular flexibility index (Phi) is 20.4. The van der Waals surface area contributed by atoms with E-state index in [1.165, 1.54) is 70.6 Å². The third kappa shape index (κ3) is 21.5. The third-order valence-corrected chi connectivity index (χ3v) is 5.03. The highest BCUT2D eigenvalue weighted by atomic mass is 16.5. The zero-order chi connectivity index (χ0) is 20.9. The van der Waals surface area contributed by atoms with Crippen molar-refractivity contribution in [1.29, 1.82) is 0 Å². The maximum Gasteiger partial charge on any atom is 0.407 e. The van der Waals surface area contributed by atoms with Gasteiger partial charge in [-0.25, -0.2) is 4.79 Å². The fraction of sp³-hybridized carbons (Fsp3) is 0.958. The first-order chi connectivity index (χ1) is 13.6. The Morgan fingerprint density at radius 1 is 0.786 bits per heavy atom. The molecule has 1 unspecified atom stereocenters. The summed E-state index contributed by atoms with van der Waals surface area (Å²) in [5.74, 6) is 0.834. The van der Waals surface area contributed by atoms with E-state index in [2.05, 4.69) is 33.0 Å². The van der Waals surface area contributed by atoms with Crippen LogP contribution in [0.25, 0.3) is 0 Å². The van der Waals surface area contributed by atoms with E-state index in [1.54, 1.807) is 0 Å². The van der Waals surface area contributed by atoms with Gasteiger partial charge in [0, 0.05) is 19.1 Å². The molecule has 168 valence electrons. The van der Waals surface area contributed by atoms with Crippen molar-refractivity contribution in [2.24, 2.45) is 11.8 Å². The largest absolute Gasteiger partial charge is 0.449 e. The number of amides is 1. The lowest BCUT2D eigenvalue weighted by Crippen LogP contribution is -2.28. The normalized spacial score (nSPS) is 12.3. The van der Waals surface area contributed by atoms with Crippen molar-refractivity contribution in [2.75, 3.05) is 26.4 Å². The van der Waals surface area contributed by atoms with E-state index in [4.69, 9.17) is 9.47 Å². The molecule has 4 heteroatoms. The summed E-state index contributed by atoms with van der Waals surface area (Å²) in [5.41, 5.74) is 0. The summed E-state index contributed by atoms with van der Waals surface area (Å²) >= 11 is 0. The van der Waals surface area contributed by atoms with Crippen molar-refractivity contribution in [2.45, 2.75) is 111 Å². The Balaban J connectivity index is 3.25. The molecule has 0 aromatic heterocycles. The second-order valence-electron chi connectivity index (χ2n) is 8.78. The molecule has 1 amide bonds. The van der Waals surface area contributed by atoms with Crippen molar-refractivity contribution in [3.05, 3.63) is 0 Å². The summed E-state index contributed by atoms with van der Waals surface area (Å²) < 4.78 is 10.9. The predicted molar refractivity (Wildman–Crippen MR) is 120 cm³/mol. The maximum absolute atomic E-state index is 11.6. The molecule has 28 heavy (non-hydrogen) atoms. The first-order valence-corrected chi connectivity index (χ1v) is 12.0. The molecule has 0 aliphatic rings. The van der Waals surface area contributed by atoms with Crippen LogP contribution in [-0.4, -0.2) is 32.5 Å². The van der Waals surface area contributed by atoms with Crippen LogP contribution in [0.4, 0.5) is 4.79 Å². The van der Waals surface area contributed by atoms with Gasteiger partial charge in [0.25, 0.3) is 0 Å². The predicted octanol–water partition coefficient (Wildman–Crippen LogP) is 7.11. The molecular weight excluding hydrogens is 350 g/mol.